The van der Waals surface area contributed by atoms with Gasteiger partial charge in [0.15, 0.2) is 0 Å². The summed E-state index contributed by atoms with van der Waals surface area (Å²) in [6.45, 7) is 3.59. The highest BCUT2D eigenvalue weighted by molar-refractivity contribution is 7.92. The van der Waals surface area contributed by atoms with Crippen LogP contribution in [0.1, 0.15) is 12.5 Å². The number of hydrogen-bond donors (Lipinski definition) is 1. The molecule has 1 aliphatic rings. The van der Waals surface area contributed by atoms with Crippen LogP contribution in [-0.4, -0.2) is 64.9 Å². The van der Waals surface area contributed by atoms with Gasteiger partial charge < -0.3 is 14.4 Å². The number of hydrogen-bond acceptors (Lipinski definition) is 9. The third kappa shape index (κ3) is 7.31. The number of para-hydroxylation sites is 2. The fraction of sp³-hybridized carbons (Fsp3) is 0.259. The Labute approximate surface area is 242 Å². The van der Waals surface area contributed by atoms with Crippen LogP contribution in [0.4, 0.5) is 17.1 Å². The lowest BCUT2D eigenvalue weighted by atomic mass is 10.1. The van der Waals surface area contributed by atoms with Gasteiger partial charge in [-0.05, 0) is 49.4 Å². The molecule has 0 saturated carbocycles. The molecule has 1 heterocycles. The number of halogens is 1. The highest BCUT2D eigenvalue weighted by Gasteiger charge is 2.29. The van der Waals surface area contributed by atoms with Crippen molar-refractivity contribution in [3.05, 3.63) is 87.4 Å². The molecule has 1 amide bonds. The minimum atomic E-state index is -4.23. The molecule has 0 bridgehead atoms. The minimum absolute atomic E-state index is 0.0729. The molecule has 0 spiro atoms. The number of nitrogens with zero attached hydrogens (tertiary/aromatic N) is 4. The van der Waals surface area contributed by atoms with Crippen molar-refractivity contribution < 1.29 is 27.6 Å². The number of anilines is 2. The second-order valence-electron chi connectivity index (χ2n) is 8.76. The van der Waals surface area contributed by atoms with Crippen LogP contribution < -0.4 is 19.4 Å². The maximum Gasteiger partial charge on any atom is 0.270 e. The van der Waals surface area contributed by atoms with Crippen LogP contribution in [0.15, 0.2) is 76.7 Å². The van der Waals surface area contributed by atoms with Gasteiger partial charge in [0.05, 0.1) is 41.5 Å². The number of benzene rings is 3. The predicted molar refractivity (Wildman–Crippen MR) is 155 cm³/mol. The molecule has 1 aliphatic heterocycles. The molecule has 1 N–H and O–H groups in total. The van der Waals surface area contributed by atoms with Crippen molar-refractivity contribution in [1.29, 1.82) is 0 Å². The van der Waals surface area contributed by atoms with E-state index in [1.54, 1.807) is 31.2 Å². The van der Waals surface area contributed by atoms with Gasteiger partial charge in [-0.1, -0.05) is 23.7 Å². The minimum Gasteiger partial charge on any atom is -0.492 e. The number of amides is 1. The molecule has 12 nitrogen and oxygen atoms in total. The molecular formula is C27H28ClN5O7S. The zero-order valence-electron chi connectivity index (χ0n) is 22.1. The number of rotatable bonds is 11. The van der Waals surface area contributed by atoms with E-state index < -0.39 is 27.4 Å². The highest BCUT2D eigenvalue weighted by Crippen LogP contribution is 2.33. The molecule has 3 aromatic carbocycles. The standard InChI is InChI=1S/C27H28ClN5O7S/c1-2-40-26-6-4-3-5-25(26)32(41(37,38)23-10-7-21(28)8-11-23)19-27(34)30-29-18-20-17-22(33(35)36)9-12-24(20)31-13-15-39-16-14-31/h3-12,17-18H,2,13-16,19H2,1H3,(H,30,34)/b29-18-. The summed E-state index contributed by atoms with van der Waals surface area (Å²) in [5.41, 5.74) is 3.47. The highest BCUT2D eigenvalue weighted by atomic mass is 35.5. The molecule has 3 aromatic rings. The van der Waals surface area contributed by atoms with Crippen molar-refractivity contribution in [3.8, 4) is 5.75 Å². The van der Waals surface area contributed by atoms with Gasteiger partial charge in [0, 0.05) is 41.5 Å². The molecule has 4 rings (SSSR count). The van der Waals surface area contributed by atoms with Crippen LogP contribution in [0, 0.1) is 10.1 Å². The van der Waals surface area contributed by atoms with Crippen molar-refractivity contribution in [2.45, 2.75) is 11.8 Å². The first-order chi connectivity index (χ1) is 19.7. The fourth-order valence-corrected chi connectivity index (χ4v) is 5.72. The zero-order chi connectivity index (χ0) is 29.4. The number of nitro groups is 1. The summed E-state index contributed by atoms with van der Waals surface area (Å²) in [7, 11) is -4.23. The number of non-ortho nitro benzene ring substituents is 1. The van der Waals surface area contributed by atoms with E-state index in [1.165, 1.54) is 48.7 Å². The first-order valence-electron chi connectivity index (χ1n) is 12.6. The fourth-order valence-electron chi connectivity index (χ4n) is 4.16. The Morgan fingerprint density at radius 2 is 1.88 bits per heavy atom. The zero-order valence-corrected chi connectivity index (χ0v) is 23.7. The van der Waals surface area contributed by atoms with Crippen LogP contribution in [0.5, 0.6) is 5.75 Å². The molecule has 0 aliphatic carbocycles. The van der Waals surface area contributed by atoms with Gasteiger partial charge in [-0.15, -0.1) is 0 Å². The quantitative estimate of drug-likeness (QED) is 0.198. The molecule has 14 heteroatoms. The summed E-state index contributed by atoms with van der Waals surface area (Å²) in [6, 6.07) is 16.4. The smallest absolute Gasteiger partial charge is 0.270 e. The van der Waals surface area contributed by atoms with Gasteiger partial charge in [0.25, 0.3) is 21.6 Å². The van der Waals surface area contributed by atoms with Crippen molar-refractivity contribution in [3.63, 3.8) is 0 Å². The van der Waals surface area contributed by atoms with E-state index in [0.717, 1.165) is 4.31 Å². The molecule has 1 saturated heterocycles. The summed E-state index contributed by atoms with van der Waals surface area (Å²) >= 11 is 5.95. The van der Waals surface area contributed by atoms with Crippen molar-refractivity contribution in [2.75, 3.05) is 48.7 Å². The van der Waals surface area contributed by atoms with Gasteiger partial charge in [0.1, 0.15) is 12.3 Å². The normalized spacial score (nSPS) is 13.7. The van der Waals surface area contributed by atoms with Crippen molar-refractivity contribution in [2.24, 2.45) is 5.10 Å². The van der Waals surface area contributed by atoms with Gasteiger partial charge >= 0.3 is 0 Å². The second kappa shape index (κ2) is 13.4. The number of sulfonamides is 1. The number of carbonyl (C=O) groups excluding carboxylic acids is 1. The Hall–Kier alpha value is -4.20. The number of hydrazone groups is 1. The monoisotopic (exact) mass is 601 g/mol. The van der Waals surface area contributed by atoms with E-state index in [2.05, 4.69) is 10.5 Å². The lowest BCUT2D eigenvalue weighted by Crippen LogP contribution is -2.40. The maximum atomic E-state index is 13.7. The van der Waals surface area contributed by atoms with E-state index in [-0.39, 0.29) is 28.6 Å². The average molecular weight is 602 g/mol. The Morgan fingerprint density at radius 1 is 1.17 bits per heavy atom. The van der Waals surface area contributed by atoms with Gasteiger partial charge in [-0.2, -0.15) is 5.10 Å². The molecule has 41 heavy (non-hydrogen) atoms. The van der Waals surface area contributed by atoms with Crippen LogP contribution in [0.3, 0.4) is 0 Å². The Balaban J connectivity index is 1.61. The topological polar surface area (TPSA) is 144 Å². The molecular weight excluding hydrogens is 574 g/mol. The molecule has 216 valence electrons. The molecule has 0 radical (unpaired) electrons. The summed E-state index contributed by atoms with van der Waals surface area (Å²) in [5.74, 6) is -0.473. The van der Waals surface area contributed by atoms with Crippen LogP contribution in [0.25, 0.3) is 0 Å². The second-order valence-corrected chi connectivity index (χ2v) is 11.1. The summed E-state index contributed by atoms with van der Waals surface area (Å²) in [6.07, 6.45) is 1.29. The molecule has 0 aromatic heterocycles. The average Bonchev–Trinajstić information content (AvgIpc) is 2.97. The van der Waals surface area contributed by atoms with Crippen LogP contribution in [-0.2, 0) is 19.6 Å². The van der Waals surface area contributed by atoms with E-state index in [0.29, 0.717) is 42.6 Å². The van der Waals surface area contributed by atoms with E-state index in [9.17, 15) is 23.3 Å². The van der Waals surface area contributed by atoms with E-state index in [1.807, 2.05) is 4.90 Å². The van der Waals surface area contributed by atoms with Gasteiger partial charge in [-0.25, -0.2) is 13.8 Å². The molecule has 0 unspecified atom stereocenters. The predicted octanol–water partition coefficient (Wildman–Crippen LogP) is 3.83. The SMILES string of the molecule is CCOc1ccccc1N(CC(=O)N/N=C\c1cc([N+](=O)[O-])ccc1N1CCOCC1)S(=O)(=O)c1ccc(Cl)cc1. The summed E-state index contributed by atoms with van der Waals surface area (Å²) in [5, 5.41) is 15.7. The van der Waals surface area contributed by atoms with Crippen molar-refractivity contribution in [1.82, 2.24) is 5.43 Å². The van der Waals surface area contributed by atoms with E-state index >= 15 is 0 Å². The van der Waals surface area contributed by atoms with Crippen molar-refractivity contribution >= 4 is 50.8 Å². The van der Waals surface area contributed by atoms with Gasteiger partial charge in [-0.3, -0.25) is 19.2 Å². The Morgan fingerprint density at radius 3 is 2.56 bits per heavy atom. The lowest BCUT2D eigenvalue weighted by molar-refractivity contribution is -0.384. The third-order valence-corrected chi connectivity index (χ3v) is 8.12. The molecule has 1 fully saturated rings. The third-order valence-electron chi connectivity index (χ3n) is 6.09. The number of ether oxygens (including phenoxy) is 2. The van der Waals surface area contributed by atoms with E-state index in [4.69, 9.17) is 21.1 Å². The Bertz CT molecular complexity index is 1530. The first-order valence-corrected chi connectivity index (χ1v) is 14.5. The summed E-state index contributed by atoms with van der Waals surface area (Å²) < 4.78 is 39.3. The number of nitro benzene ring substituents is 1. The number of nitrogens with one attached hydrogen (secondary N) is 1. The van der Waals surface area contributed by atoms with Crippen LogP contribution >= 0.6 is 11.6 Å². The van der Waals surface area contributed by atoms with Crippen LogP contribution in [0.2, 0.25) is 5.02 Å². The molecule has 0 atom stereocenters. The number of carbonyl (C=O) groups is 1. The Kier molecular flexibility index (Phi) is 9.76. The largest absolute Gasteiger partial charge is 0.492 e. The maximum absolute atomic E-state index is 13.7. The first kappa shape index (κ1) is 29.8. The summed E-state index contributed by atoms with van der Waals surface area (Å²) in [4.78, 5) is 25.8. The number of morpholine rings is 1. The van der Waals surface area contributed by atoms with Gasteiger partial charge in [0.2, 0.25) is 0 Å². The lowest BCUT2D eigenvalue weighted by Gasteiger charge is -2.29.